The van der Waals surface area contributed by atoms with Gasteiger partial charge in [0.1, 0.15) is 18.4 Å². The molecule has 0 aromatic heterocycles. The molecule has 6 nitrogen and oxygen atoms in total. The van der Waals surface area contributed by atoms with Gasteiger partial charge in [0.05, 0.1) is 0 Å². The number of Topliss-reactive ketones (excluding diaryl/α,β-unsaturated/α-hetero) is 1. The monoisotopic (exact) mass is 419 g/mol. The van der Waals surface area contributed by atoms with Gasteiger partial charge in [0, 0.05) is 25.3 Å². The van der Waals surface area contributed by atoms with Crippen LogP contribution in [-0.4, -0.2) is 47.0 Å². The number of piperidine rings is 1. The van der Waals surface area contributed by atoms with Gasteiger partial charge in [-0.05, 0) is 46.9 Å². The first kappa shape index (κ1) is 19.8. The van der Waals surface area contributed by atoms with Crippen LogP contribution in [0.15, 0.2) is 48.5 Å². The van der Waals surface area contributed by atoms with E-state index in [1.165, 1.54) is 4.90 Å². The molecule has 5 rings (SSSR count). The van der Waals surface area contributed by atoms with Crippen molar-refractivity contribution in [1.29, 1.82) is 0 Å². The average Bonchev–Trinajstić information content (AvgIpc) is 3.10. The molecule has 1 saturated heterocycles. The van der Waals surface area contributed by atoms with E-state index < -0.39 is 18.1 Å². The van der Waals surface area contributed by atoms with Crippen LogP contribution < -0.4 is 0 Å². The quantitative estimate of drug-likeness (QED) is 0.810. The van der Waals surface area contributed by atoms with Crippen LogP contribution in [0, 0.1) is 11.8 Å². The number of benzene rings is 2. The lowest BCUT2D eigenvalue weighted by molar-refractivity contribution is -0.147. The second-order valence-electron chi connectivity index (χ2n) is 8.85. The van der Waals surface area contributed by atoms with Crippen LogP contribution in [0.3, 0.4) is 0 Å². The highest BCUT2D eigenvalue weighted by atomic mass is 16.6. The fourth-order valence-corrected chi connectivity index (χ4v) is 5.57. The van der Waals surface area contributed by atoms with Crippen LogP contribution in [-0.2, 0) is 14.3 Å². The number of carbonyl (C=O) groups excluding carboxylic acids is 2. The minimum atomic E-state index is -1.04. The van der Waals surface area contributed by atoms with Crippen molar-refractivity contribution in [2.24, 2.45) is 11.8 Å². The maximum absolute atomic E-state index is 13.0. The van der Waals surface area contributed by atoms with Gasteiger partial charge in [-0.2, -0.15) is 0 Å². The fourth-order valence-electron chi connectivity index (χ4n) is 5.57. The van der Waals surface area contributed by atoms with Crippen molar-refractivity contribution in [3.05, 3.63) is 59.7 Å². The van der Waals surface area contributed by atoms with E-state index in [1.807, 2.05) is 24.3 Å². The van der Waals surface area contributed by atoms with Gasteiger partial charge in [-0.25, -0.2) is 9.59 Å². The summed E-state index contributed by atoms with van der Waals surface area (Å²) in [6, 6.07) is 15.3. The number of hydrogen-bond acceptors (Lipinski definition) is 4. The molecule has 3 unspecified atom stereocenters. The van der Waals surface area contributed by atoms with Crippen molar-refractivity contribution in [1.82, 2.24) is 4.90 Å². The van der Waals surface area contributed by atoms with E-state index in [4.69, 9.17) is 4.74 Å². The van der Waals surface area contributed by atoms with Gasteiger partial charge in [0.2, 0.25) is 0 Å². The lowest BCUT2D eigenvalue weighted by atomic mass is 9.72. The third-order valence-electron chi connectivity index (χ3n) is 7.14. The molecule has 2 aromatic carbocycles. The minimum Gasteiger partial charge on any atom is -0.480 e. The molecule has 2 aliphatic carbocycles. The van der Waals surface area contributed by atoms with Gasteiger partial charge in [0.25, 0.3) is 0 Å². The molecule has 0 spiro atoms. The van der Waals surface area contributed by atoms with Gasteiger partial charge < -0.3 is 9.84 Å². The standard InChI is InChI=1S/C25H25NO5/c27-17-10-9-15-13-26(23(24(28)29)12-16(15)11-17)25(30)31-14-22-20-7-3-1-5-18(20)19-6-2-4-8-21(19)22/h1-8,15-16,22-23H,9-14H2,(H,28,29). The van der Waals surface area contributed by atoms with E-state index in [2.05, 4.69) is 24.3 Å². The smallest absolute Gasteiger partial charge is 0.410 e. The third kappa shape index (κ3) is 3.50. The summed E-state index contributed by atoms with van der Waals surface area (Å²) < 4.78 is 5.72. The Morgan fingerprint density at radius 2 is 1.65 bits per heavy atom. The highest BCUT2D eigenvalue weighted by Gasteiger charge is 2.44. The molecule has 3 aliphatic rings. The topological polar surface area (TPSA) is 83.9 Å². The van der Waals surface area contributed by atoms with Crippen LogP contribution in [0.1, 0.15) is 42.7 Å². The first-order chi connectivity index (χ1) is 15.0. The van der Waals surface area contributed by atoms with Crippen LogP contribution in [0.2, 0.25) is 0 Å². The van der Waals surface area contributed by atoms with E-state index in [9.17, 15) is 19.5 Å². The number of amides is 1. The summed E-state index contributed by atoms with van der Waals surface area (Å²) in [5.41, 5.74) is 4.54. The summed E-state index contributed by atoms with van der Waals surface area (Å²) >= 11 is 0. The van der Waals surface area contributed by atoms with Crippen molar-refractivity contribution in [3.8, 4) is 11.1 Å². The zero-order valence-electron chi connectivity index (χ0n) is 17.2. The first-order valence-corrected chi connectivity index (χ1v) is 10.9. The molecule has 160 valence electrons. The number of rotatable bonds is 3. The summed E-state index contributed by atoms with van der Waals surface area (Å²) in [5, 5.41) is 9.72. The fraction of sp³-hybridized carbons (Fsp3) is 0.400. The van der Waals surface area contributed by atoms with E-state index in [-0.39, 0.29) is 30.1 Å². The second-order valence-corrected chi connectivity index (χ2v) is 8.85. The number of carboxylic acid groups (broad SMARTS) is 1. The normalized spacial score (nSPS) is 24.8. The molecular weight excluding hydrogens is 394 g/mol. The molecular formula is C25H25NO5. The van der Waals surface area contributed by atoms with Gasteiger partial charge in [0.15, 0.2) is 0 Å². The van der Waals surface area contributed by atoms with Gasteiger partial charge in [-0.1, -0.05) is 48.5 Å². The molecule has 1 amide bonds. The van der Waals surface area contributed by atoms with Crippen LogP contribution in [0.25, 0.3) is 11.1 Å². The Balaban J connectivity index is 1.33. The second kappa shape index (κ2) is 7.84. The number of ketones is 1. The largest absolute Gasteiger partial charge is 0.480 e. The molecule has 6 heteroatoms. The number of carboxylic acids is 1. The van der Waals surface area contributed by atoms with Gasteiger partial charge in [-0.3, -0.25) is 9.69 Å². The van der Waals surface area contributed by atoms with E-state index >= 15 is 0 Å². The highest BCUT2D eigenvalue weighted by Crippen LogP contribution is 2.45. The zero-order valence-corrected chi connectivity index (χ0v) is 17.2. The molecule has 31 heavy (non-hydrogen) atoms. The summed E-state index contributed by atoms with van der Waals surface area (Å²) in [6.07, 6.45) is 1.38. The van der Waals surface area contributed by atoms with Crippen LogP contribution in [0.5, 0.6) is 0 Å². The van der Waals surface area contributed by atoms with Crippen molar-refractivity contribution in [2.45, 2.75) is 37.6 Å². The minimum absolute atomic E-state index is 0.0417. The molecule has 1 saturated carbocycles. The predicted molar refractivity (Wildman–Crippen MR) is 114 cm³/mol. The zero-order chi connectivity index (χ0) is 21.5. The number of likely N-dealkylation sites (tertiary alicyclic amines) is 1. The van der Waals surface area contributed by atoms with E-state index in [0.717, 1.165) is 22.3 Å². The Labute approximate surface area is 180 Å². The number of ether oxygens (including phenoxy) is 1. The number of carbonyl (C=O) groups is 3. The number of fused-ring (bicyclic) bond motifs is 4. The Morgan fingerprint density at radius 3 is 2.29 bits per heavy atom. The van der Waals surface area contributed by atoms with Crippen LogP contribution in [0.4, 0.5) is 4.79 Å². The SMILES string of the molecule is O=C1CCC2CN(C(=O)OCC3c4ccccc4-c4ccccc43)C(C(=O)O)CC2C1. The summed E-state index contributed by atoms with van der Waals surface area (Å²) in [7, 11) is 0. The molecule has 2 fully saturated rings. The molecule has 1 heterocycles. The Kier molecular flexibility index (Phi) is 5.00. The molecule has 1 aliphatic heterocycles. The molecule has 0 bridgehead atoms. The lowest BCUT2D eigenvalue weighted by Gasteiger charge is -2.43. The van der Waals surface area contributed by atoms with Crippen LogP contribution >= 0.6 is 0 Å². The first-order valence-electron chi connectivity index (χ1n) is 10.9. The van der Waals surface area contributed by atoms with Gasteiger partial charge in [-0.15, -0.1) is 0 Å². The number of hydrogen-bond donors (Lipinski definition) is 1. The molecule has 1 N–H and O–H groups in total. The summed E-state index contributed by atoms with van der Waals surface area (Å²) in [5.74, 6) is -0.705. The number of nitrogens with zero attached hydrogens (tertiary/aromatic N) is 1. The van der Waals surface area contributed by atoms with E-state index in [0.29, 0.717) is 32.2 Å². The maximum atomic E-state index is 13.0. The van der Waals surface area contributed by atoms with Gasteiger partial charge >= 0.3 is 12.1 Å². The maximum Gasteiger partial charge on any atom is 0.410 e. The Bertz CT molecular complexity index is 1000. The highest BCUT2D eigenvalue weighted by molar-refractivity contribution is 5.83. The Morgan fingerprint density at radius 1 is 1.00 bits per heavy atom. The lowest BCUT2D eigenvalue weighted by Crippen LogP contribution is -2.54. The average molecular weight is 419 g/mol. The molecule has 0 radical (unpaired) electrons. The van der Waals surface area contributed by atoms with Crippen molar-refractivity contribution in [2.75, 3.05) is 13.2 Å². The number of aliphatic carboxylic acids is 1. The molecule has 3 atom stereocenters. The summed E-state index contributed by atoms with van der Waals surface area (Å²) in [4.78, 5) is 38.1. The third-order valence-corrected chi connectivity index (χ3v) is 7.14. The van der Waals surface area contributed by atoms with E-state index in [1.54, 1.807) is 0 Å². The van der Waals surface area contributed by atoms with Crippen molar-refractivity contribution < 1.29 is 24.2 Å². The Hall–Kier alpha value is -3.15. The van der Waals surface area contributed by atoms with Crippen molar-refractivity contribution in [3.63, 3.8) is 0 Å². The predicted octanol–water partition coefficient (Wildman–Crippen LogP) is 4.08. The molecule has 2 aromatic rings. The summed E-state index contributed by atoms with van der Waals surface area (Å²) in [6.45, 7) is 0.508. The van der Waals surface area contributed by atoms with Crippen molar-refractivity contribution >= 4 is 17.8 Å².